The van der Waals surface area contributed by atoms with Gasteiger partial charge in [-0.05, 0) is 30.2 Å². The van der Waals surface area contributed by atoms with E-state index in [2.05, 4.69) is 5.32 Å². The first kappa shape index (κ1) is 16.0. The van der Waals surface area contributed by atoms with Crippen LogP contribution in [0.25, 0.3) is 16.6 Å². The molecule has 122 valence electrons. The van der Waals surface area contributed by atoms with Crippen molar-refractivity contribution >= 4 is 23.1 Å². The molecule has 0 spiro atoms. The Kier molecular flexibility index (Phi) is 4.47. The number of fused-ring (bicyclic) bond motifs is 1. The number of benzene rings is 2. The Bertz CT molecular complexity index is 866. The molecular formula is C20H20N2O2. The van der Waals surface area contributed by atoms with E-state index < -0.39 is 6.04 Å². The number of aromatic nitrogens is 1. The average molecular weight is 320 g/mol. The maximum absolute atomic E-state index is 12.8. The van der Waals surface area contributed by atoms with E-state index in [1.807, 2.05) is 79.1 Å². The number of carbonyl (C=O) groups is 2. The smallest absolute Gasteiger partial charge is 0.268 e. The maximum atomic E-state index is 12.8. The first-order chi connectivity index (χ1) is 11.6. The summed E-state index contributed by atoms with van der Waals surface area (Å²) in [5.74, 6) is -0.207. The van der Waals surface area contributed by atoms with E-state index in [9.17, 15) is 9.59 Å². The lowest BCUT2D eigenvalue weighted by Crippen LogP contribution is -2.40. The molecular weight excluding hydrogens is 300 g/mol. The molecule has 0 fully saturated rings. The van der Waals surface area contributed by atoms with Crippen LogP contribution in [-0.2, 0) is 4.79 Å². The molecule has 0 radical (unpaired) electrons. The fourth-order valence-corrected chi connectivity index (χ4v) is 2.76. The van der Waals surface area contributed by atoms with Gasteiger partial charge in [0, 0.05) is 11.1 Å². The number of carbonyl (C=O) groups excluding carboxylic acids is 2. The number of nitrogens with zero attached hydrogens (tertiary/aromatic N) is 1. The highest BCUT2D eigenvalue weighted by Gasteiger charge is 2.21. The van der Waals surface area contributed by atoms with Gasteiger partial charge in [-0.1, -0.05) is 50.2 Å². The third kappa shape index (κ3) is 2.95. The van der Waals surface area contributed by atoms with E-state index in [0.29, 0.717) is 5.69 Å². The molecule has 0 aliphatic heterocycles. The largest absolute Gasteiger partial charge is 0.341 e. The highest BCUT2D eigenvalue weighted by Crippen LogP contribution is 2.24. The number of hydrogen-bond acceptors (Lipinski definition) is 2. The van der Waals surface area contributed by atoms with Gasteiger partial charge >= 0.3 is 0 Å². The summed E-state index contributed by atoms with van der Waals surface area (Å²) in [5, 5.41) is 3.81. The summed E-state index contributed by atoms with van der Waals surface area (Å²) in [4.78, 5) is 24.0. The third-order valence-corrected chi connectivity index (χ3v) is 4.12. The van der Waals surface area contributed by atoms with Gasteiger partial charge in [0.15, 0.2) is 0 Å². The average Bonchev–Trinajstić information content (AvgIpc) is 2.99. The highest BCUT2D eigenvalue weighted by molar-refractivity contribution is 6.00. The van der Waals surface area contributed by atoms with Crippen LogP contribution in [0.2, 0.25) is 0 Å². The van der Waals surface area contributed by atoms with Crippen molar-refractivity contribution < 1.29 is 9.59 Å². The van der Waals surface area contributed by atoms with E-state index >= 15 is 0 Å². The fourth-order valence-electron chi connectivity index (χ4n) is 2.76. The first-order valence-electron chi connectivity index (χ1n) is 8.04. The molecule has 0 aliphatic rings. The lowest BCUT2D eigenvalue weighted by atomic mass is 10.1. The molecule has 1 heterocycles. The summed E-state index contributed by atoms with van der Waals surface area (Å²) in [6.07, 6.45) is 0.790. The summed E-state index contributed by atoms with van der Waals surface area (Å²) in [7, 11) is 0. The molecule has 1 aromatic heterocycles. The predicted molar refractivity (Wildman–Crippen MR) is 95.4 cm³/mol. The van der Waals surface area contributed by atoms with Crippen LogP contribution in [-0.4, -0.2) is 22.8 Å². The summed E-state index contributed by atoms with van der Waals surface area (Å²) >= 11 is 0. The molecule has 0 aliphatic carbocycles. The molecule has 4 nitrogen and oxygen atoms in total. The Hall–Kier alpha value is -2.88. The standard InChI is InChI=1S/C20H20N2O2/c1-14(2)17(13-23)21-20(24)19-12-15-8-6-7-11-18(15)22(19)16-9-4-3-5-10-16/h3-14,17H,1-2H3,(H,21,24)/t17-/m1/s1. The normalized spacial score (nSPS) is 12.3. The minimum atomic E-state index is -0.500. The second-order valence-corrected chi connectivity index (χ2v) is 6.14. The Labute approximate surface area is 141 Å². The summed E-state index contributed by atoms with van der Waals surface area (Å²) in [5.41, 5.74) is 2.40. The summed E-state index contributed by atoms with van der Waals surface area (Å²) < 4.78 is 1.92. The number of nitrogens with one attached hydrogen (secondary N) is 1. The molecule has 3 aromatic rings. The second-order valence-electron chi connectivity index (χ2n) is 6.14. The minimum absolute atomic E-state index is 0.0426. The molecule has 3 rings (SSSR count). The van der Waals surface area contributed by atoms with Crippen LogP contribution >= 0.6 is 0 Å². The van der Waals surface area contributed by atoms with Gasteiger partial charge in [-0.2, -0.15) is 0 Å². The second kappa shape index (κ2) is 6.71. The fraction of sp³-hybridized carbons (Fsp3) is 0.200. The Morgan fingerprint density at radius 2 is 1.71 bits per heavy atom. The summed E-state index contributed by atoms with van der Waals surface area (Å²) in [6, 6.07) is 19.0. The predicted octanol–water partition coefficient (Wildman–Crippen LogP) is 3.58. The quantitative estimate of drug-likeness (QED) is 0.731. The summed E-state index contributed by atoms with van der Waals surface area (Å²) in [6.45, 7) is 3.82. The SMILES string of the molecule is CC(C)[C@@H](C=O)NC(=O)c1cc2ccccc2n1-c1ccccc1. The number of amides is 1. The Morgan fingerprint density at radius 1 is 1.04 bits per heavy atom. The zero-order valence-electron chi connectivity index (χ0n) is 13.8. The zero-order chi connectivity index (χ0) is 17.1. The van der Waals surface area contributed by atoms with Crippen molar-refractivity contribution in [2.24, 2.45) is 5.92 Å². The van der Waals surface area contributed by atoms with Crippen molar-refractivity contribution in [2.45, 2.75) is 19.9 Å². The first-order valence-corrected chi connectivity index (χ1v) is 8.04. The lowest BCUT2D eigenvalue weighted by Gasteiger charge is -2.17. The molecule has 4 heteroatoms. The van der Waals surface area contributed by atoms with E-state index in [-0.39, 0.29) is 11.8 Å². The lowest BCUT2D eigenvalue weighted by molar-refractivity contribution is -0.110. The molecule has 0 bridgehead atoms. The molecule has 0 unspecified atom stereocenters. The van der Waals surface area contributed by atoms with Crippen LogP contribution < -0.4 is 5.32 Å². The van der Waals surface area contributed by atoms with E-state index in [4.69, 9.17) is 0 Å². The van der Waals surface area contributed by atoms with Crippen molar-refractivity contribution in [3.63, 3.8) is 0 Å². The third-order valence-electron chi connectivity index (χ3n) is 4.12. The topological polar surface area (TPSA) is 51.1 Å². The van der Waals surface area contributed by atoms with Gasteiger partial charge in [-0.25, -0.2) is 0 Å². The zero-order valence-corrected chi connectivity index (χ0v) is 13.8. The molecule has 1 atom stereocenters. The minimum Gasteiger partial charge on any atom is -0.341 e. The molecule has 1 N–H and O–H groups in total. The number of hydrogen-bond donors (Lipinski definition) is 1. The van der Waals surface area contributed by atoms with Crippen molar-refractivity contribution in [1.29, 1.82) is 0 Å². The van der Waals surface area contributed by atoms with E-state index in [0.717, 1.165) is 22.9 Å². The van der Waals surface area contributed by atoms with Crippen LogP contribution in [0.4, 0.5) is 0 Å². The van der Waals surface area contributed by atoms with E-state index in [1.54, 1.807) is 0 Å². The van der Waals surface area contributed by atoms with Crippen molar-refractivity contribution in [1.82, 2.24) is 9.88 Å². The highest BCUT2D eigenvalue weighted by atomic mass is 16.2. The Balaban J connectivity index is 2.11. The van der Waals surface area contributed by atoms with Crippen LogP contribution in [0, 0.1) is 5.92 Å². The van der Waals surface area contributed by atoms with Gasteiger partial charge in [0.05, 0.1) is 11.6 Å². The van der Waals surface area contributed by atoms with Gasteiger partial charge in [-0.3, -0.25) is 4.79 Å². The van der Waals surface area contributed by atoms with E-state index in [1.165, 1.54) is 0 Å². The van der Waals surface area contributed by atoms with Crippen molar-refractivity contribution in [3.8, 4) is 5.69 Å². The monoisotopic (exact) mass is 320 g/mol. The Morgan fingerprint density at radius 3 is 2.38 bits per heavy atom. The molecule has 24 heavy (non-hydrogen) atoms. The molecule has 2 aromatic carbocycles. The van der Waals surface area contributed by atoms with Gasteiger partial charge in [0.25, 0.3) is 5.91 Å². The van der Waals surface area contributed by atoms with Crippen molar-refractivity contribution in [3.05, 3.63) is 66.4 Å². The van der Waals surface area contributed by atoms with Gasteiger partial charge in [-0.15, -0.1) is 0 Å². The molecule has 0 saturated heterocycles. The van der Waals surface area contributed by atoms with Gasteiger partial charge in [0.2, 0.25) is 0 Å². The van der Waals surface area contributed by atoms with Gasteiger partial charge in [0.1, 0.15) is 12.0 Å². The number of rotatable bonds is 5. The van der Waals surface area contributed by atoms with Crippen molar-refractivity contribution in [2.75, 3.05) is 0 Å². The van der Waals surface area contributed by atoms with Crippen LogP contribution in [0.1, 0.15) is 24.3 Å². The molecule has 1 amide bonds. The maximum Gasteiger partial charge on any atom is 0.268 e. The molecule has 0 saturated carbocycles. The number of para-hydroxylation sites is 2. The van der Waals surface area contributed by atoms with Crippen LogP contribution in [0.15, 0.2) is 60.7 Å². The van der Waals surface area contributed by atoms with Crippen LogP contribution in [0.3, 0.4) is 0 Å². The van der Waals surface area contributed by atoms with Gasteiger partial charge < -0.3 is 14.7 Å². The number of aldehydes is 1. The van der Waals surface area contributed by atoms with Crippen LogP contribution in [0.5, 0.6) is 0 Å².